The minimum Gasteiger partial charge on any atom is -0.349 e. The van der Waals surface area contributed by atoms with E-state index in [2.05, 4.69) is 10.7 Å². The van der Waals surface area contributed by atoms with Crippen molar-refractivity contribution in [2.24, 2.45) is 11.8 Å². The zero-order valence-electron chi connectivity index (χ0n) is 10.6. The van der Waals surface area contributed by atoms with Crippen LogP contribution in [-0.2, 0) is 0 Å². The number of para-hydroxylation sites is 1. The molecule has 1 aliphatic rings. The smallest absolute Gasteiger partial charge is 0.306 e. The number of hydrogen-bond donors (Lipinski definition) is 3. The first-order chi connectivity index (χ1) is 9.04. The van der Waals surface area contributed by atoms with Crippen LogP contribution < -0.4 is 16.6 Å². The van der Waals surface area contributed by atoms with Crippen LogP contribution in [0.25, 0.3) is 0 Å². The standard InChI is InChI=1S/C12H16N4O3/c1-7(8-5-6-8)14-12(17)9-3-2-4-10(15-13)11(9)16(18)19/h2-4,7-8,15H,5-6,13H2,1H3,(H,14,17). The molecule has 0 radical (unpaired) electrons. The van der Waals surface area contributed by atoms with E-state index in [9.17, 15) is 14.9 Å². The Bertz CT molecular complexity index is 514. The van der Waals surface area contributed by atoms with Crippen molar-refractivity contribution in [1.29, 1.82) is 0 Å². The second kappa shape index (κ2) is 5.23. The Morgan fingerprint density at radius 2 is 2.21 bits per heavy atom. The van der Waals surface area contributed by atoms with Crippen LogP contribution in [0.2, 0.25) is 0 Å². The summed E-state index contributed by atoms with van der Waals surface area (Å²) in [6.07, 6.45) is 2.18. The summed E-state index contributed by atoms with van der Waals surface area (Å²) in [5.41, 5.74) is 2.08. The highest BCUT2D eigenvalue weighted by Crippen LogP contribution is 2.33. The molecule has 1 aromatic rings. The number of benzene rings is 1. The molecule has 4 N–H and O–H groups in total. The molecule has 102 valence electrons. The second-order valence-electron chi connectivity index (χ2n) is 4.70. The van der Waals surface area contributed by atoms with Crippen LogP contribution in [0.1, 0.15) is 30.1 Å². The molecule has 1 aromatic carbocycles. The lowest BCUT2D eigenvalue weighted by atomic mass is 10.1. The van der Waals surface area contributed by atoms with E-state index in [0.717, 1.165) is 12.8 Å². The number of nitro benzene ring substituents is 1. The number of rotatable bonds is 5. The van der Waals surface area contributed by atoms with E-state index in [-0.39, 0.29) is 23.0 Å². The number of hydrazine groups is 1. The predicted molar refractivity (Wildman–Crippen MR) is 70.6 cm³/mol. The summed E-state index contributed by atoms with van der Waals surface area (Å²) in [4.78, 5) is 22.6. The Labute approximate surface area is 110 Å². The van der Waals surface area contributed by atoms with Gasteiger partial charge in [-0.05, 0) is 37.8 Å². The normalized spacial score (nSPS) is 15.7. The van der Waals surface area contributed by atoms with Crippen molar-refractivity contribution in [2.45, 2.75) is 25.8 Å². The average Bonchev–Trinajstić information content (AvgIpc) is 3.21. The molecular weight excluding hydrogens is 248 g/mol. The van der Waals surface area contributed by atoms with Crippen molar-refractivity contribution in [3.8, 4) is 0 Å². The van der Waals surface area contributed by atoms with Gasteiger partial charge in [-0.25, -0.2) is 0 Å². The van der Waals surface area contributed by atoms with Crippen molar-refractivity contribution in [2.75, 3.05) is 5.43 Å². The number of carbonyl (C=O) groups is 1. The lowest BCUT2D eigenvalue weighted by Gasteiger charge is -2.13. The first-order valence-corrected chi connectivity index (χ1v) is 6.09. The first-order valence-electron chi connectivity index (χ1n) is 6.09. The summed E-state index contributed by atoms with van der Waals surface area (Å²) >= 11 is 0. The Kier molecular flexibility index (Phi) is 3.66. The van der Waals surface area contributed by atoms with Gasteiger partial charge in [0.05, 0.1) is 4.92 Å². The maximum absolute atomic E-state index is 12.1. The molecule has 1 aliphatic carbocycles. The Morgan fingerprint density at radius 1 is 1.53 bits per heavy atom. The number of nitrogens with two attached hydrogens (primary N) is 1. The summed E-state index contributed by atoms with van der Waals surface area (Å²) in [5, 5.41) is 13.9. The molecule has 0 aromatic heterocycles. The summed E-state index contributed by atoms with van der Waals surface area (Å²) < 4.78 is 0. The van der Waals surface area contributed by atoms with Crippen LogP contribution in [-0.4, -0.2) is 16.9 Å². The van der Waals surface area contributed by atoms with E-state index in [1.165, 1.54) is 12.1 Å². The zero-order chi connectivity index (χ0) is 14.0. The molecule has 0 heterocycles. The van der Waals surface area contributed by atoms with Gasteiger partial charge >= 0.3 is 5.69 Å². The van der Waals surface area contributed by atoms with Gasteiger partial charge in [-0.1, -0.05) is 6.07 Å². The van der Waals surface area contributed by atoms with E-state index in [1.54, 1.807) is 6.07 Å². The van der Waals surface area contributed by atoms with Gasteiger partial charge in [-0.2, -0.15) is 0 Å². The van der Waals surface area contributed by atoms with Gasteiger partial charge in [0.15, 0.2) is 0 Å². The molecule has 7 nitrogen and oxygen atoms in total. The maximum atomic E-state index is 12.1. The van der Waals surface area contributed by atoms with Gasteiger partial charge in [0, 0.05) is 6.04 Å². The van der Waals surface area contributed by atoms with Crippen LogP contribution in [0.4, 0.5) is 11.4 Å². The van der Waals surface area contributed by atoms with Crippen LogP contribution in [0.15, 0.2) is 18.2 Å². The van der Waals surface area contributed by atoms with Gasteiger partial charge in [0.1, 0.15) is 11.3 Å². The van der Waals surface area contributed by atoms with Crippen LogP contribution in [0.3, 0.4) is 0 Å². The van der Waals surface area contributed by atoms with Gasteiger partial charge in [0.25, 0.3) is 5.91 Å². The predicted octanol–water partition coefficient (Wildman–Crippen LogP) is 1.41. The highest BCUT2D eigenvalue weighted by Gasteiger charge is 2.31. The van der Waals surface area contributed by atoms with Crippen LogP contribution >= 0.6 is 0 Å². The number of nitrogen functional groups attached to an aromatic ring is 1. The third kappa shape index (κ3) is 2.82. The molecule has 1 amide bonds. The molecule has 1 saturated carbocycles. The lowest BCUT2D eigenvalue weighted by Crippen LogP contribution is -2.34. The van der Waals surface area contributed by atoms with Crippen molar-refractivity contribution in [3.05, 3.63) is 33.9 Å². The van der Waals surface area contributed by atoms with Gasteiger partial charge in [0.2, 0.25) is 0 Å². The highest BCUT2D eigenvalue weighted by molar-refractivity contribution is 6.00. The first kappa shape index (κ1) is 13.3. The van der Waals surface area contributed by atoms with E-state index in [4.69, 9.17) is 5.84 Å². The molecule has 0 saturated heterocycles. The molecule has 1 unspecified atom stereocenters. The van der Waals surface area contributed by atoms with Crippen molar-refractivity contribution >= 4 is 17.3 Å². The number of carbonyl (C=O) groups excluding carboxylic acids is 1. The van der Waals surface area contributed by atoms with E-state index < -0.39 is 10.8 Å². The van der Waals surface area contributed by atoms with E-state index >= 15 is 0 Å². The molecule has 0 spiro atoms. The maximum Gasteiger partial charge on any atom is 0.306 e. The molecule has 0 aliphatic heterocycles. The fraction of sp³-hybridized carbons (Fsp3) is 0.417. The Hall–Kier alpha value is -2.15. The van der Waals surface area contributed by atoms with Crippen LogP contribution in [0, 0.1) is 16.0 Å². The third-order valence-electron chi connectivity index (χ3n) is 3.31. The summed E-state index contributed by atoms with van der Waals surface area (Å²) in [6.45, 7) is 1.91. The summed E-state index contributed by atoms with van der Waals surface area (Å²) in [7, 11) is 0. The highest BCUT2D eigenvalue weighted by atomic mass is 16.6. The number of nitrogens with one attached hydrogen (secondary N) is 2. The van der Waals surface area contributed by atoms with Crippen LogP contribution in [0.5, 0.6) is 0 Å². The Morgan fingerprint density at radius 3 is 2.74 bits per heavy atom. The lowest BCUT2D eigenvalue weighted by molar-refractivity contribution is -0.384. The number of amides is 1. The number of hydrogen-bond acceptors (Lipinski definition) is 5. The molecule has 1 fully saturated rings. The quantitative estimate of drug-likeness (QED) is 0.423. The van der Waals surface area contributed by atoms with E-state index in [0.29, 0.717) is 5.92 Å². The fourth-order valence-corrected chi connectivity index (χ4v) is 2.04. The number of anilines is 1. The van der Waals surface area contributed by atoms with Gasteiger partial charge in [-0.3, -0.25) is 20.8 Å². The SMILES string of the molecule is CC(NC(=O)c1cccc(NN)c1[N+](=O)[O-])C1CC1. The van der Waals surface area contributed by atoms with Crippen molar-refractivity contribution in [1.82, 2.24) is 5.32 Å². The molecule has 1 atom stereocenters. The Balaban J connectivity index is 2.27. The molecular formula is C12H16N4O3. The average molecular weight is 264 g/mol. The summed E-state index contributed by atoms with van der Waals surface area (Å²) in [5.74, 6) is 5.27. The monoisotopic (exact) mass is 264 g/mol. The minimum atomic E-state index is -0.605. The third-order valence-corrected chi connectivity index (χ3v) is 3.31. The van der Waals surface area contributed by atoms with Crippen molar-refractivity contribution in [3.63, 3.8) is 0 Å². The molecule has 7 heteroatoms. The number of nitro groups is 1. The summed E-state index contributed by atoms with van der Waals surface area (Å²) in [6, 6.07) is 4.47. The molecule has 2 rings (SSSR count). The van der Waals surface area contributed by atoms with Crippen molar-refractivity contribution < 1.29 is 9.72 Å². The zero-order valence-corrected chi connectivity index (χ0v) is 10.6. The largest absolute Gasteiger partial charge is 0.349 e. The van der Waals surface area contributed by atoms with Gasteiger partial charge in [-0.15, -0.1) is 0 Å². The van der Waals surface area contributed by atoms with Gasteiger partial charge < -0.3 is 10.7 Å². The molecule has 19 heavy (non-hydrogen) atoms. The second-order valence-corrected chi connectivity index (χ2v) is 4.70. The molecule has 0 bridgehead atoms. The topological polar surface area (TPSA) is 110 Å². The van der Waals surface area contributed by atoms with E-state index in [1.807, 2.05) is 6.92 Å². The fourth-order valence-electron chi connectivity index (χ4n) is 2.04. The minimum absolute atomic E-state index is 0.0213. The number of nitrogens with zero attached hydrogens (tertiary/aromatic N) is 1.